The number of nitrogens with one attached hydrogen (secondary N) is 2. The largest absolute Gasteiger partial charge is 0.444 e. The molecule has 9 heteroatoms. The second-order valence-electron chi connectivity index (χ2n) is 7.12. The Balaban J connectivity index is 2.10. The summed E-state index contributed by atoms with van der Waals surface area (Å²) in [5, 5.41) is 8.51. The molecule has 1 atom stereocenters. The van der Waals surface area contributed by atoms with Crippen LogP contribution in [0.1, 0.15) is 36.0 Å². The highest BCUT2D eigenvalue weighted by atomic mass is 79.9. The van der Waals surface area contributed by atoms with Gasteiger partial charge in [-0.15, -0.1) is 11.3 Å². The highest BCUT2D eigenvalue weighted by Crippen LogP contribution is 2.23. The van der Waals surface area contributed by atoms with Crippen molar-refractivity contribution >= 4 is 62.5 Å². The summed E-state index contributed by atoms with van der Waals surface area (Å²) in [5.41, 5.74) is 0.209. The number of carbonyl (C=O) groups excluding carboxylic acids is 2. The molecule has 2 amide bonds. The number of rotatable bonds is 6. The van der Waals surface area contributed by atoms with E-state index < -0.39 is 11.7 Å². The lowest BCUT2D eigenvalue weighted by atomic mass is 10.1. The van der Waals surface area contributed by atoms with Gasteiger partial charge in [0.1, 0.15) is 5.60 Å². The molecule has 5 nitrogen and oxygen atoms in total. The molecule has 0 saturated heterocycles. The minimum absolute atomic E-state index is 0.187. The Morgan fingerprint density at radius 2 is 1.96 bits per heavy atom. The molecule has 0 saturated carbocycles. The van der Waals surface area contributed by atoms with Crippen LogP contribution < -0.4 is 10.6 Å². The van der Waals surface area contributed by atoms with E-state index in [0.717, 1.165) is 10.0 Å². The molecular formula is C19H21BrCl2N2O3S. The van der Waals surface area contributed by atoms with Gasteiger partial charge in [-0.2, -0.15) is 0 Å². The first-order valence-corrected chi connectivity index (χ1v) is 10.9. The molecule has 0 aliphatic rings. The number of hydrogen-bond acceptors (Lipinski definition) is 4. The fourth-order valence-corrected chi connectivity index (χ4v) is 4.15. The van der Waals surface area contributed by atoms with E-state index in [2.05, 4.69) is 26.6 Å². The van der Waals surface area contributed by atoms with Crippen LogP contribution in [0.3, 0.4) is 0 Å². The van der Waals surface area contributed by atoms with Gasteiger partial charge in [-0.05, 0) is 66.9 Å². The number of thiophene rings is 1. The van der Waals surface area contributed by atoms with Crippen LogP contribution in [0.5, 0.6) is 0 Å². The van der Waals surface area contributed by atoms with Crippen LogP contribution in [-0.2, 0) is 11.2 Å². The molecule has 1 aromatic heterocycles. The van der Waals surface area contributed by atoms with E-state index in [1.807, 2.05) is 5.38 Å². The van der Waals surface area contributed by atoms with Gasteiger partial charge in [0.15, 0.2) is 0 Å². The second-order valence-corrected chi connectivity index (χ2v) is 9.79. The Bertz CT molecular complexity index is 852. The number of carbonyl (C=O) groups is 2. The molecule has 1 aromatic carbocycles. The molecule has 2 rings (SSSR count). The van der Waals surface area contributed by atoms with Gasteiger partial charge in [0.25, 0.3) is 5.91 Å². The van der Waals surface area contributed by atoms with Gasteiger partial charge >= 0.3 is 6.09 Å². The van der Waals surface area contributed by atoms with Crippen LogP contribution in [0, 0.1) is 0 Å². The van der Waals surface area contributed by atoms with Gasteiger partial charge in [0.2, 0.25) is 0 Å². The van der Waals surface area contributed by atoms with Crippen LogP contribution in [0.25, 0.3) is 0 Å². The van der Waals surface area contributed by atoms with Crippen LogP contribution in [0.2, 0.25) is 10.0 Å². The summed E-state index contributed by atoms with van der Waals surface area (Å²) in [6.07, 6.45) is -0.128. The lowest BCUT2D eigenvalue weighted by Crippen LogP contribution is -2.46. The number of hydrogen-bond donors (Lipinski definition) is 2. The summed E-state index contributed by atoms with van der Waals surface area (Å²) in [4.78, 5) is 25.1. The first-order chi connectivity index (χ1) is 13.0. The van der Waals surface area contributed by atoms with Crippen molar-refractivity contribution in [3.05, 3.63) is 54.6 Å². The van der Waals surface area contributed by atoms with E-state index in [1.165, 1.54) is 11.3 Å². The fourth-order valence-electron chi connectivity index (χ4n) is 2.34. The van der Waals surface area contributed by atoms with E-state index >= 15 is 0 Å². The zero-order valence-corrected chi connectivity index (χ0v) is 19.6. The van der Waals surface area contributed by atoms with Crippen molar-refractivity contribution in [1.29, 1.82) is 0 Å². The molecule has 2 N–H and O–H groups in total. The minimum Gasteiger partial charge on any atom is -0.444 e. The predicted octanol–water partition coefficient (Wildman–Crippen LogP) is 5.68. The first-order valence-electron chi connectivity index (χ1n) is 8.49. The Labute approximate surface area is 186 Å². The predicted molar refractivity (Wildman–Crippen MR) is 118 cm³/mol. The number of ether oxygens (including phenoxy) is 1. The number of amides is 2. The summed E-state index contributed by atoms with van der Waals surface area (Å²) < 4.78 is 6.10. The third kappa shape index (κ3) is 7.62. The summed E-state index contributed by atoms with van der Waals surface area (Å²) in [6.45, 7) is 5.54. The minimum atomic E-state index is -0.606. The Kier molecular flexibility index (Phi) is 8.18. The number of halogens is 3. The van der Waals surface area contributed by atoms with Crippen molar-refractivity contribution < 1.29 is 14.3 Å². The maximum atomic E-state index is 12.6. The van der Waals surface area contributed by atoms with Gasteiger partial charge in [0.05, 0.1) is 10.9 Å². The van der Waals surface area contributed by atoms with E-state index in [0.29, 0.717) is 21.3 Å². The zero-order valence-electron chi connectivity index (χ0n) is 15.6. The summed E-state index contributed by atoms with van der Waals surface area (Å²) in [6, 6.07) is 6.54. The lowest BCUT2D eigenvalue weighted by molar-refractivity contribution is 0.0520. The monoisotopic (exact) mass is 506 g/mol. The van der Waals surface area contributed by atoms with Crippen molar-refractivity contribution in [2.75, 3.05) is 6.54 Å². The van der Waals surface area contributed by atoms with Crippen molar-refractivity contribution in [1.82, 2.24) is 10.6 Å². The standard InChI is InChI=1S/C19H21BrCl2N2O3S/c1-19(2,3)27-18(26)23-9-14(6-11-4-5-13(21)8-15(11)22)24-17(25)16-7-12(20)10-28-16/h4-5,7-8,10,14H,6,9H2,1-3H3,(H,23,26)(H,24,25). The highest BCUT2D eigenvalue weighted by Gasteiger charge is 2.20. The van der Waals surface area contributed by atoms with Crippen LogP contribution >= 0.6 is 50.5 Å². The van der Waals surface area contributed by atoms with E-state index in [9.17, 15) is 9.59 Å². The summed E-state index contributed by atoms with van der Waals surface area (Å²) in [7, 11) is 0. The molecule has 0 bridgehead atoms. The maximum Gasteiger partial charge on any atom is 0.407 e. The molecule has 28 heavy (non-hydrogen) atoms. The smallest absolute Gasteiger partial charge is 0.407 e. The van der Waals surface area contributed by atoms with E-state index in [1.54, 1.807) is 45.0 Å². The van der Waals surface area contributed by atoms with E-state index in [-0.39, 0.29) is 18.5 Å². The Hall–Kier alpha value is -1.28. The van der Waals surface area contributed by atoms with Crippen LogP contribution in [0.4, 0.5) is 4.79 Å². The Morgan fingerprint density at radius 1 is 1.25 bits per heavy atom. The molecule has 152 valence electrons. The molecular weight excluding hydrogens is 487 g/mol. The van der Waals surface area contributed by atoms with Gasteiger partial charge in [-0.25, -0.2) is 4.79 Å². The SMILES string of the molecule is CC(C)(C)OC(=O)NCC(Cc1ccc(Cl)cc1Cl)NC(=O)c1cc(Br)cs1. The summed E-state index contributed by atoms with van der Waals surface area (Å²) in [5.74, 6) is -0.225. The van der Waals surface area contributed by atoms with Crippen LogP contribution in [-0.4, -0.2) is 30.2 Å². The van der Waals surface area contributed by atoms with Gasteiger partial charge in [0, 0.05) is 26.4 Å². The molecule has 0 aliphatic carbocycles. The lowest BCUT2D eigenvalue weighted by Gasteiger charge is -2.23. The van der Waals surface area contributed by atoms with Crippen LogP contribution in [0.15, 0.2) is 34.1 Å². The fraction of sp³-hybridized carbons (Fsp3) is 0.368. The van der Waals surface area contributed by atoms with Crippen molar-refractivity contribution in [3.8, 4) is 0 Å². The Morgan fingerprint density at radius 3 is 2.54 bits per heavy atom. The third-order valence-electron chi connectivity index (χ3n) is 3.50. The summed E-state index contributed by atoms with van der Waals surface area (Å²) >= 11 is 16.9. The average Bonchev–Trinajstić information content (AvgIpc) is 3.00. The molecule has 0 spiro atoms. The second kappa shape index (κ2) is 9.96. The third-order valence-corrected chi connectivity index (χ3v) is 5.78. The number of alkyl carbamates (subject to hydrolysis) is 1. The molecule has 1 heterocycles. The number of benzene rings is 1. The van der Waals surface area contributed by atoms with Gasteiger partial charge in [-0.3, -0.25) is 4.79 Å². The van der Waals surface area contributed by atoms with Gasteiger partial charge in [-0.1, -0.05) is 29.3 Å². The van der Waals surface area contributed by atoms with E-state index in [4.69, 9.17) is 27.9 Å². The average molecular weight is 508 g/mol. The van der Waals surface area contributed by atoms with Crippen molar-refractivity contribution in [2.24, 2.45) is 0 Å². The molecule has 0 fully saturated rings. The normalized spacial score (nSPS) is 12.4. The molecule has 0 aliphatic heterocycles. The molecule has 1 unspecified atom stereocenters. The van der Waals surface area contributed by atoms with Crippen molar-refractivity contribution in [3.63, 3.8) is 0 Å². The first kappa shape index (κ1) is 23.0. The quantitative estimate of drug-likeness (QED) is 0.528. The van der Waals surface area contributed by atoms with Gasteiger partial charge < -0.3 is 15.4 Å². The van der Waals surface area contributed by atoms with Crippen molar-refractivity contribution in [2.45, 2.75) is 38.8 Å². The zero-order chi connectivity index (χ0) is 20.9. The molecule has 0 radical (unpaired) electrons. The maximum absolute atomic E-state index is 12.6. The molecule has 2 aromatic rings. The topological polar surface area (TPSA) is 67.4 Å². The highest BCUT2D eigenvalue weighted by molar-refractivity contribution is 9.10.